The lowest BCUT2D eigenvalue weighted by atomic mass is 10.1. The largest absolute Gasteiger partial charge is 0.490 e. The first-order valence-electron chi connectivity index (χ1n) is 9.87. The zero-order chi connectivity index (χ0) is 22.4. The third-order valence-electron chi connectivity index (χ3n) is 4.19. The van der Waals surface area contributed by atoms with Gasteiger partial charge in [0.1, 0.15) is 24.9 Å². The minimum absolute atomic E-state index is 0.0288. The van der Waals surface area contributed by atoms with Crippen molar-refractivity contribution in [1.29, 1.82) is 5.26 Å². The van der Waals surface area contributed by atoms with Gasteiger partial charge in [-0.3, -0.25) is 4.79 Å². The van der Waals surface area contributed by atoms with E-state index in [4.69, 9.17) is 18.9 Å². The van der Waals surface area contributed by atoms with Crippen LogP contribution in [-0.2, 0) is 4.79 Å². The monoisotopic (exact) mass is 486 g/mol. The first-order chi connectivity index (χ1) is 14.9. The van der Waals surface area contributed by atoms with Crippen molar-refractivity contribution in [3.05, 3.63) is 45.9 Å². The van der Waals surface area contributed by atoms with Crippen LogP contribution in [0.4, 0.5) is 5.69 Å². The minimum atomic E-state index is -0.536. The quantitative estimate of drug-likeness (QED) is 0.439. The van der Waals surface area contributed by atoms with E-state index in [2.05, 4.69) is 21.2 Å². The van der Waals surface area contributed by atoms with Crippen LogP contribution in [0, 0.1) is 11.3 Å². The van der Waals surface area contributed by atoms with E-state index >= 15 is 0 Å². The van der Waals surface area contributed by atoms with Gasteiger partial charge in [-0.25, -0.2) is 0 Å². The number of hydrogen-bond acceptors (Lipinski definition) is 6. The van der Waals surface area contributed by atoms with Crippen LogP contribution in [0.25, 0.3) is 6.08 Å². The van der Waals surface area contributed by atoms with Gasteiger partial charge in [-0.05, 0) is 56.7 Å². The van der Waals surface area contributed by atoms with Gasteiger partial charge in [0, 0.05) is 16.2 Å². The number of carbonyl (C=O) groups is 1. The molecular weight excluding hydrogens is 464 g/mol. The predicted octanol–water partition coefficient (Wildman–Crippen LogP) is 4.95. The summed E-state index contributed by atoms with van der Waals surface area (Å²) < 4.78 is 23.2. The fourth-order valence-electron chi connectivity index (χ4n) is 2.90. The van der Waals surface area contributed by atoms with Gasteiger partial charge < -0.3 is 24.3 Å². The summed E-state index contributed by atoms with van der Waals surface area (Å²) in [5.41, 5.74) is 1.06. The Morgan fingerprint density at radius 3 is 2.65 bits per heavy atom. The number of nitriles is 1. The van der Waals surface area contributed by atoms with Gasteiger partial charge >= 0.3 is 0 Å². The Morgan fingerprint density at radius 2 is 1.97 bits per heavy atom. The Labute approximate surface area is 189 Å². The Bertz CT molecular complexity index is 1040. The van der Waals surface area contributed by atoms with Gasteiger partial charge in [-0.15, -0.1) is 0 Å². The summed E-state index contributed by atoms with van der Waals surface area (Å²) in [6.45, 7) is 7.11. The second-order valence-corrected chi connectivity index (χ2v) is 7.76. The van der Waals surface area contributed by atoms with Gasteiger partial charge in [0.2, 0.25) is 0 Å². The molecule has 0 aliphatic carbocycles. The fraction of sp³-hybridized carbons (Fsp3) is 0.304. The van der Waals surface area contributed by atoms with E-state index in [0.29, 0.717) is 58.5 Å². The molecule has 162 valence electrons. The highest BCUT2D eigenvalue weighted by molar-refractivity contribution is 9.10. The van der Waals surface area contributed by atoms with E-state index < -0.39 is 5.91 Å². The van der Waals surface area contributed by atoms with Gasteiger partial charge in [0.15, 0.2) is 23.0 Å². The number of carbonyl (C=O) groups excluding carboxylic acids is 1. The second-order valence-electron chi connectivity index (χ2n) is 6.90. The van der Waals surface area contributed by atoms with Gasteiger partial charge in [-0.2, -0.15) is 5.26 Å². The van der Waals surface area contributed by atoms with E-state index in [1.807, 2.05) is 26.8 Å². The molecule has 8 heteroatoms. The molecule has 1 aliphatic heterocycles. The first-order valence-corrected chi connectivity index (χ1v) is 10.7. The SMILES string of the molecule is CCOc1cc(/C=C(\C#N)C(=O)Nc2ccc3c(c2)OCCO3)c(Br)cc1OC(C)C. The maximum Gasteiger partial charge on any atom is 0.266 e. The predicted molar refractivity (Wildman–Crippen MR) is 121 cm³/mol. The van der Waals surface area contributed by atoms with Crippen molar-refractivity contribution >= 4 is 33.6 Å². The summed E-state index contributed by atoms with van der Waals surface area (Å²) in [7, 11) is 0. The molecule has 31 heavy (non-hydrogen) atoms. The van der Waals surface area contributed by atoms with Gasteiger partial charge in [0.25, 0.3) is 5.91 Å². The first kappa shape index (κ1) is 22.5. The van der Waals surface area contributed by atoms with Crippen LogP contribution in [0.1, 0.15) is 26.3 Å². The number of amides is 1. The molecule has 0 atom stereocenters. The summed E-state index contributed by atoms with van der Waals surface area (Å²) in [6.07, 6.45) is 1.47. The molecule has 0 spiro atoms. The lowest BCUT2D eigenvalue weighted by molar-refractivity contribution is -0.112. The number of fused-ring (bicyclic) bond motifs is 1. The van der Waals surface area contributed by atoms with E-state index in [1.165, 1.54) is 6.08 Å². The summed E-state index contributed by atoms with van der Waals surface area (Å²) in [5.74, 6) is 1.76. The highest BCUT2D eigenvalue weighted by atomic mass is 79.9. The zero-order valence-electron chi connectivity index (χ0n) is 17.5. The highest BCUT2D eigenvalue weighted by Gasteiger charge is 2.16. The third-order valence-corrected chi connectivity index (χ3v) is 4.88. The molecule has 3 rings (SSSR count). The van der Waals surface area contributed by atoms with Gasteiger partial charge in [0.05, 0.1) is 12.7 Å². The number of hydrogen-bond donors (Lipinski definition) is 1. The van der Waals surface area contributed by atoms with Crippen LogP contribution in [0.15, 0.2) is 40.4 Å². The number of nitrogens with one attached hydrogen (secondary N) is 1. The third kappa shape index (κ3) is 5.70. The number of benzene rings is 2. The summed E-state index contributed by atoms with van der Waals surface area (Å²) in [5, 5.41) is 12.3. The maximum absolute atomic E-state index is 12.7. The van der Waals surface area contributed by atoms with Crippen molar-refractivity contribution in [2.45, 2.75) is 26.9 Å². The van der Waals surface area contributed by atoms with Crippen LogP contribution < -0.4 is 24.3 Å². The number of halogens is 1. The molecule has 0 unspecified atom stereocenters. The normalized spacial score (nSPS) is 12.8. The molecule has 2 aromatic rings. The number of nitrogens with zero attached hydrogens (tertiary/aromatic N) is 1. The molecule has 0 radical (unpaired) electrons. The summed E-state index contributed by atoms with van der Waals surface area (Å²) >= 11 is 3.49. The Balaban J connectivity index is 1.85. The molecule has 0 aromatic heterocycles. The van der Waals surface area contributed by atoms with E-state index in [-0.39, 0.29) is 11.7 Å². The zero-order valence-corrected chi connectivity index (χ0v) is 19.1. The number of anilines is 1. The Kier molecular flexibility index (Phi) is 7.42. The molecule has 1 amide bonds. The van der Waals surface area contributed by atoms with E-state index in [1.54, 1.807) is 30.3 Å². The fourth-order valence-corrected chi connectivity index (χ4v) is 3.34. The molecule has 0 fully saturated rings. The van der Waals surface area contributed by atoms with Crippen LogP contribution >= 0.6 is 15.9 Å². The lowest BCUT2D eigenvalue weighted by Gasteiger charge is -2.19. The second kappa shape index (κ2) is 10.2. The molecule has 0 saturated carbocycles. The smallest absolute Gasteiger partial charge is 0.266 e. The lowest BCUT2D eigenvalue weighted by Crippen LogP contribution is -2.17. The Hall–Kier alpha value is -3.18. The highest BCUT2D eigenvalue weighted by Crippen LogP contribution is 2.36. The topological polar surface area (TPSA) is 89.8 Å². The van der Waals surface area contributed by atoms with Crippen LogP contribution in [-0.4, -0.2) is 31.8 Å². The van der Waals surface area contributed by atoms with E-state index in [9.17, 15) is 10.1 Å². The van der Waals surface area contributed by atoms with Crippen molar-refractivity contribution < 1.29 is 23.7 Å². The Morgan fingerprint density at radius 1 is 1.23 bits per heavy atom. The number of ether oxygens (including phenoxy) is 4. The van der Waals surface area contributed by atoms with Crippen molar-refractivity contribution in [2.75, 3.05) is 25.1 Å². The molecule has 7 nitrogen and oxygen atoms in total. The van der Waals surface area contributed by atoms with Crippen molar-refractivity contribution in [2.24, 2.45) is 0 Å². The molecule has 1 heterocycles. The standard InChI is InChI=1S/C23H23BrN2O5/c1-4-28-20-10-15(18(24)12-22(20)31-14(2)3)9-16(13-25)23(27)26-17-5-6-19-21(11-17)30-8-7-29-19/h5-6,9-12,14H,4,7-8H2,1-3H3,(H,26,27)/b16-9+. The van der Waals surface area contributed by atoms with Crippen LogP contribution in [0.5, 0.6) is 23.0 Å². The summed E-state index contributed by atoms with van der Waals surface area (Å²) in [6, 6.07) is 10.5. The van der Waals surface area contributed by atoms with Crippen LogP contribution in [0.3, 0.4) is 0 Å². The average Bonchev–Trinajstić information content (AvgIpc) is 2.74. The van der Waals surface area contributed by atoms with Crippen molar-refractivity contribution in [3.63, 3.8) is 0 Å². The molecule has 0 bridgehead atoms. The molecule has 1 aliphatic rings. The minimum Gasteiger partial charge on any atom is -0.490 e. The molecule has 0 saturated heterocycles. The van der Waals surface area contributed by atoms with Crippen molar-refractivity contribution in [1.82, 2.24) is 0 Å². The summed E-state index contributed by atoms with van der Waals surface area (Å²) in [4.78, 5) is 12.7. The molecular formula is C23H23BrN2O5. The molecule has 1 N–H and O–H groups in total. The van der Waals surface area contributed by atoms with Crippen LogP contribution in [0.2, 0.25) is 0 Å². The maximum atomic E-state index is 12.7. The van der Waals surface area contributed by atoms with E-state index in [0.717, 1.165) is 0 Å². The van der Waals surface area contributed by atoms with Crippen molar-refractivity contribution in [3.8, 4) is 29.1 Å². The average molecular weight is 487 g/mol. The number of rotatable bonds is 7. The van der Waals surface area contributed by atoms with Gasteiger partial charge in [-0.1, -0.05) is 15.9 Å². The molecule has 2 aromatic carbocycles.